The topological polar surface area (TPSA) is 29.9 Å². The summed E-state index contributed by atoms with van der Waals surface area (Å²) in [5, 5.41) is 7.76. The molecule has 0 saturated heterocycles. The highest BCUT2D eigenvalue weighted by Gasteiger charge is 2.15. The van der Waals surface area contributed by atoms with Gasteiger partial charge in [0.05, 0.1) is 11.7 Å². The zero-order valence-electron chi connectivity index (χ0n) is 11.2. The number of hydrogen-bond donors (Lipinski definition) is 1. The van der Waals surface area contributed by atoms with Gasteiger partial charge in [-0.25, -0.2) is 4.39 Å². The van der Waals surface area contributed by atoms with Gasteiger partial charge >= 0.3 is 0 Å². The molecule has 0 fully saturated rings. The minimum Gasteiger partial charge on any atom is -0.378 e. The zero-order chi connectivity index (χ0) is 13.3. The van der Waals surface area contributed by atoms with E-state index in [1.165, 1.54) is 17.7 Å². The molecule has 18 heavy (non-hydrogen) atoms. The molecule has 1 N–H and O–H groups in total. The maximum atomic E-state index is 12.8. The lowest BCUT2D eigenvalue weighted by Crippen LogP contribution is -2.08. The zero-order valence-corrected chi connectivity index (χ0v) is 11.2. The van der Waals surface area contributed by atoms with Crippen molar-refractivity contribution in [3.63, 3.8) is 0 Å². The fraction of sp³-hybridized carbons (Fsp3) is 0.357. The Morgan fingerprint density at radius 2 is 1.83 bits per heavy atom. The summed E-state index contributed by atoms with van der Waals surface area (Å²) in [7, 11) is 1.94. The molecule has 96 valence electrons. The predicted molar refractivity (Wildman–Crippen MR) is 71.1 cm³/mol. The Labute approximate surface area is 107 Å². The van der Waals surface area contributed by atoms with Gasteiger partial charge in [0.2, 0.25) is 0 Å². The second-order valence-corrected chi connectivity index (χ2v) is 4.58. The first-order chi connectivity index (χ1) is 8.49. The number of halogens is 1. The molecule has 2 rings (SSSR count). The average molecular weight is 247 g/mol. The lowest BCUT2D eigenvalue weighted by molar-refractivity contribution is 0.628. The van der Waals surface area contributed by atoms with Crippen LogP contribution in [0.5, 0.6) is 0 Å². The molecule has 1 aromatic carbocycles. The van der Waals surface area contributed by atoms with Gasteiger partial charge in [-0.3, -0.25) is 4.68 Å². The summed E-state index contributed by atoms with van der Waals surface area (Å²) in [6.45, 7) is 6.14. The highest BCUT2D eigenvalue weighted by Crippen LogP contribution is 2.24. The summed E-state index contributed by atoms with van der Waals surface area (Å²) >= 11 is 0. The van der Waals surface area contributed by atoms with Gasteiger partial charge < -0.3 is 5.32 Å². The van der Waals surface area contributed by atoms with Crippen LogP contribution in [0.2, 0.25) is 0 Å². The number of rotatable bonds is 3. The third-order valence-electron chi connectivity index (χ3n) is 3.23. The first kappa shape index (κ1) is 12.6. The second kappa shape index (κ2) is 4.80. The molecular formula is C14H18FN3. The van der Waals surface area contributed by atoms with Crippen LogP contribution in [0.4, 0.5) is 10.1 Å². The monoisotopic (exact) mass is 247 g/mol. The molecule has 0 radical (unpaired) electrons. The standard InChI is InChI=1S/C14H18FN3/c1-9(14-10(2)17-18(4)11(14)3)16-13-7-5-12(15)6-8-13/h5-9,16H,1-4H3. The SMILES string of the molecule is Cc1nn(C)c(C)c1C(C)Nc1ccc(F)cc1. The second-order valence-electron chi connectivity index (χ2n) is 4.58. The van der Waals surface area contributed by atoms with E-state index in [0.717, 1.165) is 17.1 Å². The Bertz CT molecular complexity index is 543. The fourth-order valence-corrected chi connectivity index (χ4v) is 2.28. The summed E-state index contributed by atoms with van der Waals surface area (Å²) in [4.78, 5) is 0. The molecule has 1 aromatic heterocycles. The molecule has 0 spiro atoms. The first-order valence-electron chi connectivity index (χ1n) is 6.01. The van der Waals surface area contributed by atoms with Gasteiger partial charge in [0.1, 0.15) is 5.82 Å². The summed E-state index contributed by atoms with van der Waals surface area (Å²) in [6, 6.07) is 6.54. The molecule has 0 aliphatic carbocycles. The summed E-state index contributed by atoms with van der Waals surface area (Å²) in [5.41, 5.74) is 4.28. The number of anilines is 1. The van der Waals surface area contributed by atoms with Crippen molar-refractivity contribution in [2.75, 3.05) is 5.32 Å². The van der Waals surface area contributed by atoms with Gasteiger partial charge in [-0.05, 0) is 45.0 Å². The largest absolute Gasteiger partial charge is 0.378 e. The third kappa shape index (κ3) is 2.37. The predicted octanol–water partition coefficient (Wildman–Crippen LogP) is 3.35. The Hall–Kier alpha value is -1.84. The average Bonchev–Trinajstić information content (AvgIpc) is 2.56. The van der Waals surface area contributed by atoms with Crippen molar-refractivity contribution in [1.29, 1.82) is 0 Å². The van der Waals surface area contributed by atoms with Gasteiger partial charge in [0, 0.05) is 24.0 Å². The van der Waals surface area contributed by atoms with E-state index in [0.29, 0.717) is 0 Å². The van der Waals surface area contributed by atoms with E-state index in [9.17, 15) is 4.39 Å². The Morgan fingerprint density at radius 3 is 2.33 bits per heavy atom. The van der Waals surface area contributed by atoms with Crippen molar-refractivity contribution in [2.24, 2.45) is 7.05 Å². The van der Waals surface area contributed by atoms with Gasteiger partial charge in [-0.15, -0.1) is 0 Å². The van der Waals surface area contributed by atoms with E-state index in [-0.39, 0.29) is 11.9 Å². The molecular weight excluding hydrogens is 229 g/mol. The summed E-state index contributed by atoms with van der Waals surface area (Å²) in [5.74, 6) is -0.220. The van der Waals surface area contributed by atoms with Gasteiger partial charge in [-0.2, -0.15) is 5.10 Å². The van der Waals surface area contributed by atoms with Gasteiger partial charge in [0.25, 0.3) is 0 Å². The van der Waals surface area contributed by atoms with Crippen molar-refractivity contribution in [3.8, 4) is 0 Å². The number of nitrogens with zero attached hydrogens (tertiary/aromatic N) is 2. The van der Waals surface area contributed by atoms with Crippen LogP contribution in [-0.2, 0) is 7.05 Å². The number of hydrogen-bond acceptors (Lipinski definition) is 2. The van der Waals surface area contributed by atoms with Crippen molar-refractivity contribution in [1.82, 2.24) is 9.78 Å². The Morgan fingerprint density at radius 1 is 1.22 bits per heavy atom. The highest BCUT2D eigenvalue weighted by molar-refractivity contribution is 5.46. The smallest absolute Gasteiger partial charge is 0.123 e. The minimum absolute atomic E-state index is 0.143. The molecule has 1 unspecified atom stereocenters. The maximum absolute atomic E-state index is 12.8. The van der Waals surface area contributed by atoms with Gasteiger partial charge in [0.15, 0.2) is 0 Å². The number of nitrogens with one attached hydrogen (secondary N) is 1. The van der Waals surface area contributed by atoms with Crippen LogP contribution < -0.4 is 5.32 Å². The lowest BCUT2D eigenvalue weighted by atomic mass is 10.1. The maximum Gasteiger partial charge on any atom is 0.123 e. The van der Waals surface area contributed by atoms with E-state index >= 15 is 0 Å². The molecule has 0 aliphatic rings. The van der Waals surface area contributed by atoms with Crippen LogP contribution >= 0.6 is 0 Å². The van der Waals surface area contributed by atoms with Crippen LogP contribution in [0, 0.1) is 19.7 Å². The van der Waals surface area contributed by atoms with Crippen LogP contribution in [0.3, 0.4) is 0 Å². The lowest BCUT2D eigenvalue weighted by Gasteiger charge is -2.16. The van der Waals surface area contributed by atoms with Crippen molar-refractivity contribution in [3.05, 3.63) is 47.0 Å². The van der Waals surface area contributed by atoms with E-state index < -0.39 is 0 Å². The van der Waals surface area contributed by atoms with Crippen LogP contribution in [0.1, 0.15) is 29.9 Å². The van der Waals surface area contributed by atoms with Gasteiger partial charge in [-0.1, -0.05) is 0 Å². The quantitative estimate of drug-likeness (QED) is 0.901. The van der Waals surface area contributed by atoms with E-state index in [4.69, 9.17) is 0 Å². The molecule has 1 atom stereocenters. The molecule has 4 heteroatoms. The third-order valence-corrected chi connectivity index (χ3v) is 3.23. The molecule has 0 aliphatic heterocycles. The molecule has 0 amide bonds. The molecule has 3 nitrogen and oxygen atoms in total. The Balaban J connectivity index is 2.21. The van der Waals surface area contributed by atoms with Crippen LogP contribution in [-0.4, -0.2) is 9.78 Å². The number of aromatic nitrogens is 2. The van der Waals surface area contributed by atoms with Crippen LogP contribution in [0.25, 0.3) is 0 Å². The first-order valence-corrected chi connectivity index (χ1v) is 6.01. The van der Waals surface area contributed by atoms with E-state index in [2.05, 4.69) is 24.3 Å². The molecule has 1 heterocycles. The van der Waals surface area contributed by atoms with Crippen LogP contribution in [0.15, 0.2) is 24.3 Å². The van der Waals surface area contributed by atoms with E-state index in [1.54, 1.807) is 12.1 Å². The number of aryl methyl sites for hydroxylation is 2. The minimum atomic E-state index is -0.220. The molecule has 2 aromatic rings. The molecule has 0 bridgehead atoms. The number of benzene rings is 1. The van der Waals surface area contributed by atoms with Crippen molar-refractivity contribution < 1.29 is 4.39 Å². The highest BCUT2D eigenvalue weighted by atomic mass is 19.1. The summed E-state index contributed by atoms with van der Waals surface area (Å²) < 4.78 is 14.7. The Kier molecular flexibility index (Phi) is 3.36. The fourth-order valence-electron chi connectivity index (χ4n) is 2.28. The van der Waals surface area contributed by atoms with E-state index in [1.807, 2.05) is 18.7 Å². The molecule has 0 saturated carbocycles. The summed E-state index contributed by atoms with van der Waals surface area (Å²) in [6.07, 6.45) is 0. The van der Waals surface area contributed by atoms with Crippen molar-refractivity contribution in [2.45, 2.75) is 26.8 Å². The van der Waals surface area contributed by atoms with Crippen molar-refractivity contribution >= 4 is 5.69 Å². The normalized spacial score (nSPS) is 12.5.